The van der Waals surface area contributed by atoms with Crippen molar-refractivity contribution in [2.75, 3.05) is 7.11 Å². The van der Waals surface area contributed by atoms with Crippen LogP contribution in [0.1, 0.15) is 11.1 Å². The maximum atomic E-state index is 12.1. The zero-order chi connectivity index (χ0) is 12.3. The van der Waals surface area contributed by atoms with E-state index in [4.69, 9.17) is 5.11 Å². The van der Waals surface area contributed by atoms with Crippen molar-refractivity contribution in [1.29, 1.82) is 0 Å². The number of nitrogens with zero attached hydrogens (tertiary/aromatic N) is 1. The number of pyridine rings is 1. The number of ether oxygens (including phenoxy) is 2. The summed E-state index contributed by atoms with van der Waals surface area (Å²) in [6, 6.07) is 0. The minimum Gasteiger partial charge on any atom is -0.478 e. The zero-order valence-corrected chi connectivity index (χ0v) is 8.63. The Labute approximate surface area is 89.6 Å². The third-order valence-electron chi connectivity index (χ3n) is 1.94. The predicted octanol–water partition coefficient (Wildman–Crippen LogP) is 1.79. The predicted molar refractivity (Wildman–Crippen MR) is 48.1 cm³/mol. The minimum atomic E-state index is -4.83. The smallest absolute Gasteiger partial charge is 0.478 e. The lowest BCUT2D eigenvalue weighted by molar-refractivity contribution is -0.275. The molecule has 1 aromatic heterocycles. The molecule has 0 atom stereocenters. The molecule has 1 heterocycles. The summed E-state index contributed by atoms with van der Waals surface area (Å²) in [5, 5.41) is 8.89. The minimum absolute atomic E-state index is 0.145. The van der Waals surface area contributed by atoms with Gasteiger partial charge in [0.15, 0.2) is 5.75 Å². The number of rotatable bonds is 3. The zero-order valence-electron chi connectivity index (χ0n) is 8.63. The molecule has 0 amide bonds. The normalized spacial score (nSPS) is 11.4. The van der Waals surface area contributed by atoms with E-state index in [1.165, 1.54) is 20.2 Å². The third kappa shape index (κ3) is 2.75. The number of halogens is 3. The van der Waals surface area contributed by atoms with Crippen LogP contribution in [0, 0.1) is 6.92 Å². The molecule has 0 aliphatic carbocycles. The average molecular weight is 237 g/mol. The van der Waals surface area contributed by atoms with Gasteiger partial charge in [0.2, 0.25) is 0 Å². The van der Waals surface area contributed by atoms with Crippen LogP contribution in [-0.4, -0.2) is 23.6 Å². The standard InChI is InChI=1S/C9H10F3NO3/c1-5-6(4-14)3-13-8(15-2)7(5)16-9(10,11)12/h3,14H,4H2,1-2H3. The summed E-state index contributed by atoms with van der Waals surface area (Å²) in [5.41, 5.74) is 0.395. The Bertz CT molecular complexity index is 379. The van der Waals surface area contributed by atoms with Crippen LogP contribution < -0.4 is 9.47 Å². The van der Waals surface area contributed by atoms with Crippen LogP contribution in [0.5, 0.6) is 11.6 Å². The van der Waals surface area contributed by atoms with Gasteiger partial charge in [0, 0.05) is 17.3 Å². The maximum absolute atomic E-state index is 12.1. The molecule has 1 N–H and O–H groups in total. The van der Waals surface area contributed by atoms with Crippen LogP contribution in [0.2, 0.25) is 0 Å². The highest BCUT2D eigenvalue weighted by Gasteiger charge is 2.34. The van der Waals surface area contributed by atoms with Crippen LogP contribution in [0.15, 0.2) is 6.20 Å². The number of hydrogen-bond donors (Lipinski definition) is 1. The molecular formula is C9H10F3NO3. The Morgan fingerprint density at radius 3 is 2.50 bits per heavy atom. The van der Waals surface area contributed by atoms with Gasteiger partial charge in [-0.3, -0.25) is 0 Å². The van der Waals surface area contributed by atoms with Gasteiger partial charge in [0.25, 0.3) is 5.88 Å². The van der Waals surface area contributed by atoms with Gasteiger partial charge < -0.3 is 14.6 Å². The largest absolute Gasteiger partial charge is 0.573 e. The molecule has 7 heteroatoms. The molecule has 1 aromatic rings. The molecule has 4 nitrogen and oxygen atoms in total. The first-order chi connectivity index (χ1) is 7.39. The second-order valence-corrected chi connectivity index (χ2v) is 2.95. The Morgan fingerprint density at radius 1 is 1.44 bits per heavy atom. The molecule has 0 aromatic carbocycles. The molecule has 0 spiro atoms. The van der Waals surface area contributed by atoms with E-state index in [2.05, 4.69) is 14.5 Å². The lowest BCUT2D eigenvalue weighted by Crippen LogP contribution is -2.19. The van der Waals surface area contributed by atoms with Gasteiger partial charge >= 0.3 is 6.36 Å². The second-order valence-electron chi connectivity index (χ2n) is 2.95. The fourth-order valence-electron chi connectivity index (χ4n) is 1.14. The lowest BCUT2D eigenvalue weighted by Gasteiger charge is -2.15. The Morgan fingerprint density at radius 2 is 2.06 bits per heavy atom. The van der Waals surface area contributed by atoms with Crippen molar-refractivity contribution in [2.24, 2.45) is 0 Å². The highest BCUT2D eigenvalue weighted by Crippen LogP contribution is 2.34. The summed E-state index contributed by atoms with van der Waals surface area (Å²) in [4.78, 5) is 3.61. The van der Waals surface area contributed by atoms with Crippen molar-refractivity contribution < 1.29 is 27.8 Å². The molecule has 0 bridgehead atoms. The van der Waals surface area contributed by atoms with E-state index in [0.717, 1.165) is 0 Å². The molecule has 0 aliphatic rings. The number of hydrogen-bond acceptors (Lipinski definition) is 4. The van der Waals surface area contributed by atoms with Crippen molar-refractivity contribution in [2.45, 2.75) is 19.9 Å². The molecule has 0 saturated carbocycles. The van der Waals surface area contributed by atoms with Gasteiger partial charge in [-0.05, 0) is 6.92 Å². The first-order valence-corrected chi connectivity index (χ1v) is 4.28. The highest BCUT2D eigenvalue weighted by atomic mass is 19.4. The van der Waals surface area contributed by atoms with Gasteiger partial charge in [-0.15, -0.1) is 13.2 Å². The van der Waals surface area contributed by atoms with Crippen molar-refractivity contribution >= 4 is 0 Å². The molecule has 0 fully saturated rings. The number of aliphatic hydroxyl groups is 1. The number of aliphatic hydroxyl groups excluding tert-OH is 1. The molecule has 0 saturated heterocycles. The summed E-state index contributed by atoms with van der Waals surface area (Å²) >= 11 is 0. The molecule has 0 unspecified atom stereocenters. The van der Waals surface area contributed by atoms with Gasteiger partial charge in [-0.1, -0.05) is 0 Å². The Kier molecular flexibility index (Phi) is 3.58. The van der Waals surface area contributed by atoms with Gasteiger partial charge in [-0.2, -0.15) is 0 Å². The summed E-state index contributed by atoms with van der Waals surface area (Å²) < 4.78 is 44.8. The summed E-state index contributed by atoms with van der Waals surface area (Å²) in [5.74, 6) is -0.798. The maximum Gasteiger partial charge on any atom is 0.573 e. The molecule has 0 aliphatic heterocycles. The third-order valence-corrected chi connectivity index (χ3v) is 1.94. The monoisotopic (exact) mass is 237 g/mol. The van der Waals surface area contributed by atoms with Gasteiger partial charge in [0.1, 0.15) is 0 Å². The van der Waals surface area contributed by atoms with Crippen molar-refractivity contribution in [3.8, 4) is 11.6 Å². The molecular weight excluding hydrogens is 227 g/mol. The van der Waals surface area contributed by atoms with Crippen LogP contribution in [-0.2, 0) is 6.61 Å². The van der Waals surface area contributed by atoms with E-state index >= 15 is 0 Å². The number of aromatic nitrogens is 1. The molecule has 1 rings (SSSR count). The van der Waals surface area contributed by atoms with E-state index < -0.39 is 18.7 Å². The first kappa shape index (κ1) is 12.6. The first-order valence-electron chi connectivity index (χ1n) is 4.28. The van der Waals surface area contributed by atoms with Crippen LogP contribution in [0.25, 0.3) is 0 Å². The number of alkyl halides is 3. The van der Waals surface area contributed by atoms with Crippen LogP contribution in [0.4, 0.5) is 13.2 Å². The van der Waals surface area contributed by atoms with Gasteiger partial charge in [-0.25, -0.2) is 4.98 Å². The van der Waals surface area contributed by atoms with Crippen LogP contribution in [0.3, 0.4) is 0 Å². The Hall–Kier alpha value is -1.50. The Balaban J connectivity index is 3.21. The van der Waals surface area contributed by atoms with E-state index in [1.54, 1.807) is 0 Å². The van der Waals surface area contributed by atoms with E-state index in [0.29, 0.717) is 0 Å². The van der Waals surface area contributed by atoms with E-state index in [1.807, 2.05) is 0 Å². The fraction of sp³-hybridized carbons (Fsp3) is 0.444. The van der Waals surface area contributed by atoms with Crippen LogP contribution >= 0.6 is 0 Å². The van der Waals surface area contributed by atoms with Crippen molar-refractivity contribution in [3.63, 3.8) is 0 Å². The average Bonchev–Trinajstić information content (AvgIpc) is 2.19. The second kappa shape index (κ2) is 4.56. The highest BCUT2D eigenvalue weighted by molar-refractivity contribution is 5.45. The summed E-state index contributed by atoms with van der Waals surface area (Å²) in [6.07, 6.45) is -3.59. The topological polar surface area (TPSA) is 51.6 Å². The quantitative estimate of drug-likeness (QED) is 0.870. The summed E-state index contributed by atoms with van der Waals surface area (Å²) in [6.45, 7) is 0.966. The van der Waals surface area contributed by atoms with E-state index in [-0.39, 0.29) is 17.0 Å². The van der Waals surface area contributed by atoms with Gasteiger partial charge in [0.05, 0.1) is 13.7 Å². The molecule has 90 valence electrons. The summed E-state index contributed by atoms with van der Waals surface area (Å²) in [7, 11) is 1.18. The fourth-order valence-corrected chi connectivity index (χ4v) is 1.14. The van der Waals surface area contributed by atoms with Crippen molar-refractivity contribution in [3.05, 3.63) is 17.3 Å². The molecule has 16 heavy (non-hydrogen) atoms. The van der Waals surface area contributed by atoms with E-state index in [9.17, 15) is 13.2 Å². The molecule has 0 radical (unpaired) electrons. The lowest BCUT2D eigenvalue weighted by atomic mass is 10.1. The van der Waals surface area contributed by atoms with Crippen molar-refractivity contribution in [1.82, 2.24) is 4.98 Å². The SMILES string of the molecule is COc1ncc(CO)c(C)c1OC(F)(F)F. The number of methoxy groups -OCH3 is 1.